The van der Waals surface area contributed by atoms with Crippen molar-refractivity contribution < 1.29 is 9.90 Å². The number of hydrogen-bond acceptors (Lipinski definition) is 2. The molecule has 0 saturated carbocycles. The molecular formula is C8H5BrN2O2. The summed E-state index contributed by atoms with van der Waals surface area (Å²) in [5.74, 6) is -1.02. The van der Waals surface area contributed by atoms with Gasteiger partial charge >= 0.3 is 5.97 Å². The summed E-state index contributed by atoms with van der Waals surface area (Å²) >= 11 is 3.24. The van der Waals surface area contributed by atoms with Crippen molar-refractivity contribution in [1.29, 1.82) is 0 Å². The standard InChI is InChI=1S/C8H5BrN2O2/c9-6-3-4-1-2-5(8(12)13)10-7(4)11-6/h1-3H,(H,10,11)(H,12,13). The van der Waals surface area contributed by atoms with E-state index in [9.17, 15) is 4.79 Å². The number of carbonyl (C=O) groups is 1. The molecule has 0 spiro atoms. The monoisotopic (exact) mass is 240 g/mol. The van der Waals surface area contributed by atoms with Crippen LogP contribution in [0.15, 0.2) is 22.8 Å². The molecular weight excluding hydrogens is 236 g/mol. The van der Waals surface area contributed by atoms with Crippen LogP contribution < -0.4 is 0 Å². The molecule has 2 N–H and O–H groups in total. The van der Waals surface area contributed by atoms with Crippen molar-refractivity contribution in [2.45, 2.75) is 0 Å². The van der Waals surface area contributed by atoms with E-state index < -0.39 is 5.97 Å². The lowest BCUT2D eigenvalue weighted by Crippen LogP contribution is -1.99. The summed E-state index contributed by atoms with van der Waals surface area (Å²) in [5.41, 5.74) is 0.619. The van der Waals surface area contributed by atoms with Gasteiger partial charge in [0.05, 0.1) is 4.60 Å². The molecule has 0 amide bonds. The predicted octanol–water partition coefficient (Wildman–Crippen LogP) is 2.02. The fraction of sp³-hybridized carbons (Fsp3) is 0. The van der Waals surface area contributed by atoms with Crippen LogP contribution in [0, 0.1) is 0 Å². The molecule has 0 radical (unpaired) electrons. The van der Waals surface area contributed by atoms with Crippen molar-refractivity contribution in [2.24, 2.45) is 0 Å². The van der Waals surface area contributed by atoms with E-state index in [2.05, 4.69) is 25.9 Å². The van der Waals surface area contributed by atoms with E-state index in [1.165, 1.54) is 6.07 Å². The molecule has 2 heterocycles. The maximum absolute atomic E-state index is 10.6. The Labute approximate surface area is 81.7 Å². The van der Waals surface area contributed by atoms with Crippen LogP contribution in [0.5, 0.6) is 0 Å². The highest BCUT2D eigenvalue weighted by Crippen LogP contribution is 2.17. The molecule has 0 aliphatic carbocycles. The Morgan fingerprint density at radius 3 is 3.00 bits per heavy atom. The van der Waals surface area contributed by atoms with Crippen LogP contribution in [0.3, 0.4) is 0 Å². The molecule has 0 aliphatic rings. The van der Waals surface area contributed by atoms with Crippen LogP contribution in [0.4, 0.5) is 0 Å². The molecule has 66 valence electrons. The lowest BCUT2D eigenvalue weighted by Gasteiger charge is -1.92. The topological polar surface area (TPSA) is 66.0 Å². The maximum Gasteiger partial charge on any atom is 0.354 e. The van der Waals surface area contributed by atoms with E-state index in [-0.39, 0.29) is 5.69 Å². The zero-order chi connectivity index (χ0) is 9.42. The second kappa shape index (κ2) is 2.85. The number of H-pyrrole nitrogens is 1. The largest absolute Gasteiger partial charge is 0.477 e. The Bertz CT molecular complexity index is 478. The summed E-state index contributed by atoms with van der Waals surface area (Å²) in [5, 5.41) is 9.55. The number of pyridine rings is 1. The normalized spacial score (nSPS) is 10.5. The zero-order valence-electron chi connectivity index (χ0n) is 6.41. The summed E-state index contributed by atoms with van der Waals surface area (Å²) in [6, 6.07) is 5.03. The van der Waals surface area contributed by atoms with Crippen molar-refractivity contribution in [3.63, 3.8) is 0 Å². The van der Waals surface area contributed by atoms with Gasteiger partial charge in [-0.2, -0.15) is 0 Å². The van der Waals surface area contributed by atoms with Gasteiger partial charge in [-0.15, -0.1) is 0 Å². The van der Waals surface area contributed by atoms with Crippen molar-refractivity contribution in [3.8, 4) is 0 Å². The van der Waals surface area contributed by atoms with Crippen LogP contribution in [0.2, 0.25) is 0 Å². The van der Waals surface area contributed by atoms with E-state index in [0.717, 1.165) is 9.99 Å². The van der Waals surface area contributed by atoms with Crippen LogP contribution in [-0.2, 0) is 0 Å². The number of carboxylic acids is 1. The van der Waals surface area contributed by atoms with Crippen molar-refractivity contribution in [2.75, 3.05) is 0 Å². The molecule has 0 fully saturated rings. The minimum Gasteiger partial charge on any atom is -0.477 e. The van der Waals surface area contributed by atoms with Gasteiger partial charge in [0, 0.05) is 5.39 Å². The number of carboxylic acid groups (broad SMARTS) is 1. The maximum atomic E-state index is 10.6. The third kappa shape index (κ3) is 1.42. The summed E-state index contributed by atoms with van der Waals surface area (Å²) < 4.78 is 0.789. The molecule has 5 heteroatoms. The van der Waals surface area contributed by atoms with E-state index in [1.807, 2.05) is 6.07 Å². The molecule has 0 aliphatic heterocycles. The second-order valence-electron chi connectivity index (χ2n) is 2.56. The quantitative estimate of drug-likeness (QED) is 0.802. The van der Waals surface area contributed by atoms with Crippen LogP contribution >= 0.6 is 15.9 Å². The highest BCUT2D eigenvalue weighted by Gasteiger charge is 2.06. The number of fused-ring (bicyclic) bond motifs is 1. The number of aromatic carboxylic acids is 1. The van der Waals surface area contributed by atoms with Crippen molar-refractivity contribution in [3.05, 3.63) is 28.5 Å². The number of halogens is 1. The van der Waals surface area contributed by atoms with Crippen molar-refractivity contribution in [1.82, 2.24) is 9.97 Å². The van der Waals surface area contributed by atoms with Crippen LogP contribution in [0.1, 0.15) is 10.5 Å². The summed E-state index contributed by atoms with van der Waals surface area (Å²) in [6.07, 6.45) is 0. The molecule has 0 aromatic carbocycles. The van der Waals surface area contributed by atoms with Gasteiger partial charge < -0.3 is 10.1 Å². The Kier molecular flexibility index (Phi) is 1.81. The SMILES string of the molecule is O=C(O)c1ccc2cc(Br)[nH]c2n1. The summed E-state index contributed by atoms with van der Waals surface area (Å²) in [7, 11) is 0. The molecule has 0 bridgehead atoms. The number of aromatic nitrogens is 2. The van der Waals surface area contributed by atoms with Crippen LogP contribution in [-0.4, -0.2) is 21.0 Å². The van der Waals surface area contributed by atoms with Gasteiger partial charge in [0.15, 0.2) is 5.69 Å². The van der Waals surface area contributed by atoms with Gasteiger partial charge in [-0.25, -0.2) is 9.78 Å². The van der Waals surface area contributed by atoms with Gasteiger partial charge in [0.1, 0.15) is 5.65 Å². The lowest BCUT2D eigenvalue weighted by molar-refractivity contribution is 0.0691. The number of nitrogens with one attached hydrogen (secondary N) is 1. The van der Waals surface area contributed by atoms with Crippen LogP contribution in [0.25, 0.3) is 11.0 Å². The van der Waals surface area contributed by atoms with E-state index in [1.54, 1.807) is 6.07 Å². The average Bonchev–Trinajstić information content (AvgIpc) is 2.42. The molecule has 13 heavy (non-hydrogen) atoms. The summed E-state index contributed by atoms with van der Waals surface area (Å²) in [6.45, 7) is 0. The van der Waals surface area contributed by atoms with E-state index >= 15 is 0 Å². The molecule has 2 aromatic rings. The predicted molar refractivity (Wildman–Crippen MR) is 50.8 cm³/mol. The Hall–Kier alpha value is -1.36. The first-order valence-corrected chi connectivity index (χ1v) is 4.34. The molecule has 4 nitrogen and oxygen atoms in total. The number of rotatable bonds is 1. The molecule has 0 atom stereocenters. The van der Waals surface area contributed by atoms with Gasteiger partial charge in [-0.3, -0.25) is 0 Å². The molecule has 0 unspecified atom stereocenters. The number of hydrogen-bond donors (Lipinski definition) is 2. The first-order chi connectivity index (χ1) is 6.16. The average molecular weight is 241 g/mol. The second-order valence-corrected chi connectivity index (χ2v) is 3.41. The van der Waals surface area contributed by atoms with Gasteiger partial charge in [-0.1, -0.05) is 0 Å². The molecule has 0 saturated heterocycles. The third-order valence-corrected chi connectivity index (χ3v) is 2.09. The minimum absolute atomic E-state index is 0.0434. The minimum atomic E-state index is -1.02. The smallest absolute Gasteiger partial charge is 0.354 e. The Balaban J connectivity index is 2.67. The first-order valence-electron chi connectivity index (χ1n) is 3.55. The van der Waals surface area contributed by atoms with Crippen molar-refractivity contribution >= 4 is 32.9 Å². The van der Waals surface area contributed by atoms with E-state index in [4.69, 9.17) is 5.11 Å². The summed E-state index contributed by atoms with van der Waals surface area (Å²) in [4.78, 5) is 17.4. The van der Waals surface area contributed by atoms with Gasteiger partial charge in [0.25, 0.3) is 0 Å². The fourth-order valence-corrected chi connectivity index (χ4v) is 1.53. The zero-order valence-corrected chi connectivity index (χ0v) is 8.00. The highest BCUT2D eigenvalue weighted by molar-refractivity contribution is 9.10. The highest BCUT2D eigenvalue weighted by atomic mass is 79.9. The first kappa shape index (κ1) is 8.25. The number of nitrogens with zero attached hydrogens (tertiary/aromatic N) is 1. The Morgan fingerprint density at radius 2 is 2.31 bits per heavy atom. The third-order valence-electron chi connectivity index (χ3n) is 1.67. The fourth-order valence-electron chi connectivity index (χ4n) is 1.09. The van der Waals surface area contributed by atoms with Gasteiger partial charge in [0.2, 0.25) is 0 Å². The van der Waals surface area contributed by atoms with E-state index in [0.29, 0.717) is 5.65 Å². The Morgan fingerprint density at radius 1 is 1.54 bits per heavy atom. The molecule has 2 aromatic heterocycles. The molecule has 2 rings (SSSR count). The lowest BCUT2D eigenvalue weighted by atomic mass is 10.3. The number of aromatic amines is 1. The van der Waals surface area contributed by atoms with Gasteiger partial charge in [-0.05, 0) is 34.1 Å².